The van der Waals surface area contributed by atoms with Gasteiger partial charge < -0.3 is 5.11 Å². The van der Waals surface area contributed by atoms with Crippen LogP contribution < -0.4 is 0 Å². The van der Waals surface area contributed by atoms with E-state index in [1.807, 2.05) is 13.8 Å². The highest BCUT2D eigenvalue weighted by Crippen LogP contribution is 2.19. The van der Waals surface area contributed by atoms with Gasteiger partial charge in [-0.15, -0.1) is 0 Å². The van der Waals surface area contributed by atoms with Crippen molar-refractivity contribution in [2.24, 2.45) is 5.92 Å². The Balaban J connectivity index is 4.38. The SMILES string of the molecule is CCC(C)C(C)=C(C)C(C)O. The van der Waals surface area contributed by atoms with Crippen LogP contribution in [0.1, 0.15) is 41.0 Å². The average Bonchev–Trinajstić information content (AvgIpc) is 2.00. The van der Waals surface area contributed by atoms with E-state index in [1.165, 1.54) is 5.57 Å². The molecule has 0 saturated carbocycles. The van der Waals surface area contributed by atoms with Gasteiger partial charge in [0.2, 0.25) is 0 Å². The van der Waals surface area contributed by atoms with E-state index in [4.69, 9.17) is 0 Å². The van der Waals surface area contributed by atoms with Gasteiger partial charge in [0.1, 0.15) is 0 Å². The fourth-order valence-corrected chi connectivity index (χ4v) is 1.02. The first kappa shape index (κ1) is 10.7. The second-order valence-corrected chi connectivity index (χ2v) is 3.35. The first-order chi connectivity index (χ1) is 5.00. The molecule has 2 unspecified atom stereocenters. The molecule has 0 radical (unpaired) electrons. The van der Waals surface area contributed by atoms with Crippen molar-refractivity contribution >= 4 is 0 Å². The highest BCUT2D eigenvalue weighted by atomic mass is 16.3. The second kappa shape index (κ2) is 4.55. The molecule has 0 heterocycles. The van der Waals surface area contributed by atoms with Gasteiger partial charge in [0.25, 0.3) is 0 Å². The van der Waals surface area contributed by atoms with E-state index >= 15 is 0 Å². The van der Waals surface area contributed by atoms with Crippen LogP contribution in [0.4, 0.5) is 0 Å². The van der Waals surface area contributed by atoms with E-state index in [9.17, 15) is 5.11 Å². The third-order valence-corrected chi connectivity index (χ3v) is 2.60. The summed E-state index contributed by atoms with van der Waals surface area (Å²) in [6.07, 6.45) is 0.861. The minimum atomic E-state index is -0.288. The molecule has 2 atom stereocenters. The fraction of sp³-hybridized carbons (Fsp3) is 0.800. The molecule has 0 aromatic heterocycles. The predicted molar refractivity (Wildman–Crippen MR) is 49.5 cm³/mol. The number of allylic oxidation sites excluding steroid dienone is 1. The van der Waals surface area contributed by atoms with Crippen LogP contribution in [0.15, 0.2) is 11.1 Å². The molecule has 0 amide bonds. The standard InChI is InChI=1S/C10H20O/c1-6-7(2)8(3)9(4)10(5)11/h7,10-11H,6H2,1-5H3. The summed E-state index contributed by atoms with van der Waals surface area (Å²) in [6, 6.07) is 0. The molecule has 0 saturated heterocycles. The molecule has 0 aliphatic carbocycles. The molecule has 1 nitrogen and oxygen atoms in total. The zero-order chi connectivity index (χ0) is 9.02. The quantitative estimate of drug-likeness (QED) is 0.623. The second-order valence-electron chi connectivity index (χ2n) is 3.35. The maximum atomic E-state index is 9.28. The van der Waals surface area contributed by atoms with Crippen molar-refractivity contribution in [1.29, 1.82) is 0 Å². The van der Waals surface area contributed by atoms with Crippen LogP contribution in [-0.2, 0) is 0 Å². The Morgan fingerprint density at radius 2 is 1.64 bits per heavy atom. The third kappa shape index (κ3) is 3.06. The van der Waals surface area contributed by atoms with Crippen LogP contribution >= 0.6 is 0 Å². The number of hydrogen-bond acceptors (Lipinski definition) is 1. The normalized spacial score (nSPS) is 19.1. The largest absolute Gasteiger partial charge is 0.389 e. The lowest BCUT2D eigenvalue weighted by atomic mass is 9.94. The van der Waals surface area contributed by atoms with Gasteiger partial charge in [0.05, 0.1) is 6.10 Å². The maximum absolute atomic E-state index is 9.28. The lowest BCUT2D eigenvalue weighted by Gasteiger charge is -2.15. The number of aliphatic hydroxyl groups is 1. The van der Waals surface area contributed by atoms with Crippen molar-refractivity contribution in [1.82, 2.24) is 0 Å². The molecule has 1 heteroatoms. The van der Waals surface area contributed by atoms with Crippen molar-refractivity contribution in [2.45, 2.75) is 47.1 Å². The van der Waals surface area contributed by atoms with E-state index in [-0.39, 0.29) is 6.10 Å². The molecule has 0 aromatic carbocycles. The van der Waals surface area contributed by atoms with Gasteiger partial charge in [-0.1, -0.05) is 19.4 Å². The summed E-state index contributed by atoms with van der Waals surface area (Å²) in [7, 11) is 0. The molecule has 0 rings (SSSR count). The Hall–Kier alpha value is -0.300. The topological polar surface area (TPSA) is 20.2 Å². The molecule has 0 bridgehead atoms. The molecule has 0 fully saturated rings. The Morgan fingerprint density at radius 3 is 1.91 bits per heavy atom. The smallest absolute Gasteiger partial charge is 0.0721 e. The number of rotatable bonds is 3. The van der Waals surface area contributed by atoms with Crippen LogP contribution in [0.3, 0.4) is 0 Å². The van der Waals surface area contributed by atoms with E-state index < -0.39 is 0 Å². The molecular weight excluding hydrogens is 136 g/mol. The van der Waals surface area contributed by atoms with Gasteiger partial charge in [0, 0.05) is 0 Å². The lowest BCUT2D eigenvalue weighted by Crippen LogP contribution is -2.07. The Labute approximate surface area is 70.1 Å². The summed E-state index contributed by atoms with van der Waals surface area (Å²) in [5.41, 5.74) is 2.46. The van der Waals surface area contributed by atoms with Gasteiger partial charge in [-0.3, -0.25) is 0 Å². The number of aliphatic hydroxyl groups excluding tert-OH is 1. The first-order valence-electron chi connectivity index (χ1n) is 4.36. The van der Waals surface area contributed by atoms with Crippen molar-refractivity contribution in [2.75, 3.05) is 0 Å². The van der Waals surface area contributed by atoms with Crippen LogP contribution in [0, 0.1) is 5.92 Å². The van der Waals surface area contributed by atoms with E-state index in [0.717, 1.165) is 12.0 Å². The summed E-state index contributed by atoms with van der Waals surface area (Å²) >= 11 is 0. The average molecular weight is 156 g/mol. The highest BCUT2D eigenvalue weighted by molar-refractivity contribution is 5.15. The van der Waals surface area contributed by atoms with Gasteiger partial charge >= 0.3 is 0 Å². The summed E-state index contributed by atoms with van der Waals surface area (Å²) < 4.78 is 0. The Morgan fingerprint density at radius 1 is 1.18 bits per heavy atom. The fourth-order valence-electron chi connectivity index (χ4n) is 1.02. The van der Waals surface area contributed by atoms with Crippen LogP contribution in [-0.4, -0.2) is 11.2 Å². The maximum Gasteiger partial charge on any atom is 0.0721 e. The van der Waals surface area contributed by atoms with Gasteiger partial charge in [-0.05, 0) is 38.7 Å². The lowest BCUT2D eigenvalue weighted by molar-refractivity contribution is 0.229. The summed E-state index contributed by atoms with van der Waals surface area (Å²) in [4.78, 5) is 0. The molecule has 0 aromatic rings. The molecule has 0 aliphatic heterocycles. The molecule has 0 aliphatic rings. The molecule has 1 N–H and O–H groups in total. The molecule has 11 heavy (non-hydrogen) atoms. The zero-order valence-electron chi connectivity index (χ0n) is 8.31. The highest BCUT2D eigenvalue weighted by Gasteiger charge is 2.07. The summed E-state index contributed by atoms with van der Waals surface area (Å²) in [5.74, 6) is 0.601. The molecule has 0 spiro atoms. The molecular formula is C10H20O. The van der Waals surface area contributed by atoms with Gasteiger partial charge in [-0.25, -0.2) is 0 Å². The first-order valence-corrected chi connectivity index (χ1v) is 4.36. The zero-order valence-corrected chi connectivity index (χ0v) is 8.31. The van der Waals surface area contributed by atoms with E-state index in [2.05, 4.69) is 20.8 Å². The van der Waals surface area contributed by atoms with Crippen molar-refractivity contribution in [3.8, 4) is 0 Å². The van der Waals surface area contributed by atoms with Crippen LogP contribution in [0.5, 0.6) is 0 Å². The van der Waals surface area contributed by atoms with Crippen molar-refractivity contribution in [3.05, 3.63) is 11.1 Å². The Kier molecular flexibility index (Phi) is 4.43. The minimum absolute atomic E-state index is 0.288. The summed E-state index contributed by atoms with van der Waals surface area (Å²) in [6.45, 7) is 10.3. The van der Waals surface area contributed by atoms with Gasteiger partial charge in [0.15, 0.2) is 0 Å². The molecule has 66 valence electrons. The predicted octanol–water partition coefficient (Wildman–Crippen LogP) is 2.75. The van der Waals surface area contributed by atoms with Crippen molar-refractivity contribution < 1.29 is 5.11 Å². The third-order valence-electron chi connectivity index (χ3n) is 2.60. The van der Waals surface area contributed by atoms with Crippen LogP contribution in [0.2, 0.25) is 0 Å². The number of hydrogen-bond donors (Lipinski definition) is 1. The van der Waals surface area contributed by atoms with E-state index in [0.29, 0.717) is 5.92 Å². The summed E-state index contributed by atoms with van der Waals surface area (Å²) in [5, 5.41) is 9.28. The van der Waals surface area contributed by atoms with E-state index in [1.54, 1.807) is 0 Å². The van der Waals surface area contributed by atoms with Crippen molar-refractivity contribution in [3.63, 3.8) is 0 Å². The minimum Gasteiger partial charge on any atom is -0.389 e. The van der Waals surface area contributed by atoms with Gasteiger partial charge in [-0.2, -0.15) is 0 Å². The monoisotopic (exact) mass is 156 g/mol. The Bertz CT molecular complexity index is 145. The van der Waals surface area contributed by atoms with Crippen LogP contribution in [0.25, 0.3) is 0 Å².